The van der Waals surface area contributed by atoms with E-state index in [0.29, 0.717) is 17.9 Å². The lowest BCUT2D eigenvalue weighted by atomic mass is 9.92. The SMILES string of the molecule is CC(C)(C)CCNC(=O)c1cccc(OCC(=O)O)c1. The van der Waals surface area contributed by atoms with Gasteiger partial charge in [0.15, 0.2) is 6.61 Å². The first-order chi connectivity index (χ1) is 9.28. The molecule has 0 saturated heterocycles. The first-order valence-corrected chi connectivity index (χ1v) is 6.51. The van der Waals surface area contributed by atoms with Crippen LogP contribution >= 0.6 is 0 Å². The number of aliphatic carboxylic acids is 1. The summed E-state index contributed by atoms with van der Waals surface area (Å²) in [7, 11) is 0. The lowest BCUT2D eigenvalue weighted by molar-refractivity contribution is -0.139. The lowest BCUT2D eigenvalue weighted by Gasteiger charge is -2.18. The van der Waals surface area contributed by atoms with Gasteiger partial charge in [-0.05, 0) is 30.0 Å². The van der Waals surface area contributed by atoms with Gasteiger partial charge in [0.05, 0.1) is 0 Å². The molecule has 0 aliphatic carbocycles. The summed E-state index contributed by atoms with van der Waals surface area (Å²) in [6.45, 7) is 6.51. The number of carbonyl (C=O) groups excluding carboxylic acids is 1. The molecule has 0 aliphatic heterocycles. The van der Waals surface area contributed by atoms with Gasteiger partial charge in [-0.1, -0.05) is 26.8 Å². The molecular weight excluding hydrogens is 258 g/mol. The van der Waals surface area contributed by atoms with Gasteiger partial charge in [0.25, 0.3) is 5.91 Å². The molecule has 20 heavy (non-hydrogen) atoms. The zero-order chi connectivity index (χ0) is 15.2. The van der Waals surface area contributed by atoms with Crippen LogP contribution in [0.1, 0.15) is 37.6 Å². The third-order valence-electron chi connectivity index (χ3n) is 2.62. The maximum atomic E-state index is 11.9. The monoisotopic (exact) mass is 279 g/mol. The van der Waals surface area contributed by atoms with Crippen molar-refractivity contribution in [2.75, 3.05) is 13.2 Å². The van der Waals surface area contributed by atoms with E-state index in [1.807, 2.05) is 0 Å². The van der Waals surface area contributed by atoms with Crippen LogP contribution in [0.5, 0.6) is 5.75 Å². The molecule has 1 aromatic rings. The van der Waals surface area contributed by atoms with Gasteiger partial charge >= 0.3 is 5.97 Å². The Bertz CT molecular complexity index is 477. The predicted molar refractivity (Wildman–Crippen MR) is 76.0 cm³/mol. The molecule has 0 radical (unpaired) electrons. The van der Waals surface area contributed by atoms with Crippen LogP contribution in [0.25, 0.3) is 0 Å². The molecule has 0 atom stereocenters. The summed E-state index contributed by atoms with van der Waals surface area (Å²) in [5, 5.41) is 11.4. The number of hydrogen-bond donors (Lipinski definition) is 2. The van der Waals surface area contributed by atoms with E-state index >= 15 is 0 Å². The van der Waals surface area contributed by atoms with Gasteiger partial charge < -0.3 is 15.2 Å². The minimum Gasteiger partial charge on any atom is -0.482 e. The fourth-order valence-electron chi connectivity index (χ4n) is 1.53. The first-order valence-electron chi connectivity index (χ1n) is 6.51. The number of rotatable bonds is 6. The molecule has 2 N–H and O–H groups in total. The molecule has 0 heterocycles. The van der Waals surface area contributed by atoms with E-state index in [4.69, 9.17) is 9.84 Å². The topological polar surface area (TPSA) is 75.6 Å². The molecule has 0 aliphatic rings. The zero-order valence-corrected chi connectivity index (χ0v) is 12.1. The van der Waals surface area contributed by atoms with Crippen LogP contribution < -0.4 is 10.1 Å². The molecule has 0 saturated carbocycles. The number of ether oxygens (including phenoxy) is 1. The second-order valence-electron chi connectivity index (χ2n) is 5.78. The average Bonchev–Trinajstić information content (AvgIpc) is 2.35. The number of amides is 1. The summed E-state index contributed by atoms with van der Waals surface area (Å²) in [5.41, 5.74) is 0.626. The molecular formula is C15H21NO4. The molecule has 0 aromatic heterocycles. The molecule has 1 amide bonds. The third-order valence-corrected chi connectivity index (χ3v) is 2.62. The van der Waals surface area contributed by atoms with Crippen LogP contribution in [-0.2, 0) is 4.79 Å². The first kappa shape index (κ1) is 16.0. The summed E-state index contributed by atoms with van der Waals surface area (Å²) >= 11 is 0. The summed E-state index contributed by atoms with van der Waals surface area (Å²) < 4.78 is 5.04. The fraction of sp³-hybridized carbons (Fsp3) is 0.467. The Kier molecular flexibility index (Phi) is 5.55. The van der Waals surface area contributed by atoms with Crippen molar-refractivity contribution in [1.29, 1.82) is 0 Å². The van der Waals surface area contributed by atoms with E-state index in [2.05, 4.69) is 26.1 Å². The van der Waals surface area contributed by atoms with E-state index in [1.165, 1.54) is 6.07 Å². The van der Waals surface area contributed by atoms with Gasteiger partial charge in [0.2, 0.25) is 0 Å². The van der Waals surface area contributed by atoms with Gasteiger partial charge in [0, 0.05) is 12.1 Å². The lowest BCUT2D eigenvalue weighted by Crippen LogP contribution is -2.27. The Morgan fingerprint density at radius 2 is 2.00 bits per heavy atom. The number of nitrogens with one attached hydrogen (secondary N) is 1. The smallest absolute Gasteiger partial charge is 0.341 e. The zero-order valence-electron chi connectivity index (χ0n) is 12.1. The van der Waals surface area contributed by atoms with Gasteiger partial charge in [-0.3, -0.25) is 4.79 Å². The highest BCUT2D eigenvalue weighted by molar-refractivity contribution is 5.94. The van der Waals surface area contributed by atoms with Crippen LogP contribution in [0.15, 0.2) is 24.3 Å². The normalized spacial score (nSPS) is 10.9. The summed E-state index contributed by atoms with van der Waals surface area (Å²) in [5.74, 6) is -0.865. The van der Waals surface area contributed by atoms with Gasteiger partial charge in [-0.15, -0.1) is 0 Å². The van der Waals surface area contributed by atoms with Crippen LogP contribution in [0, 0.1) is 5.41 Å². The molecule has 0 bridgehead atoms. The number of carbonyl (C=O) groups is 2. The summed E-state index contributed by atoms with van der Waals surface area (Å²) in [4.78, 5) is 22.4. The molecule has 5 nitrogen and oxygen atoms in total. The number of hydrogen-bond acceptors (Lipinski definition) is 3. The van der Waals surface area contributed by atoms with Crippen LogP contribution in [0.3, 0.4) is 0 Å². The van der Waals surface area contributed by atoms with E-state index in [0.717, 1.165) is 6.42 Å². The fourth-order valence-corrected chi connectivity index (χ4v) is 1.53. The molecule has 5 heteroatoms. The Hall–Kier alpha value is -2.04. The van der Waals surface area contributed by atoms with E-state index in [1.54, 1.807) is 18.2 Å². The molecule has 0 unspecified atom stereocenters. The van der Waals surface area contributed by atoms with Gasteiger partial charge in [0.1, 0.15) is 5.75 Å². The minimum absolute atomic E-state index is 0.166. The highest BCUT2D eigenvalue weighted by atomic mass is 16.5. The second kappa shape index (κ2) is 6.93. The number of benzene rings is 1. The van der Waals surface area contributed by atoms with Crippen molar-refractivity contribution < 1.29 is 19.4 Å². The Morgan fingerprint density at radius 1 is 1.30 bits per heavy atom. The van der Waals surface area contributed by atoms with Gasteiger partial charge in [-0.25, -0.2) is 4.79 Å². The van der Waals surface area contributed by atoms with E-state index < -0.39 is 12.6 Å². The molecule has 0 fully saturated rings. The largest absolute Gasteiger partial charge is 0.482 e. The Labute approximate surface area is 118 Å². The molecule has 1 rings (SSSR count). The molecule has 1 aromatic carbocycles. The van der Waals surface area contributed by atoms with Crippen molar-refractivity contribution in [2.45, 2.75) is 27.2 Å². The van der Waals surface area contributed by atoms with Crippen molar-refractivity contribution in [3.05, 3.63) is 29.8 Å². The molecule has 110 valence electrons. The van der Waals surface area contributed by atoms with Crippen LogP contribution in [-0.4, -0.2) is 30.1 Å². The van der Waals surface area contributed by atoms with Crippen molar-refractivity contribution in [3.8, 4) is 5.75 Å². The maximum absolute atomic E-state index is 11.9. The predicted octanol–water partition coefficient (Wildman–Crippen LogP) is 2.32. The van der Waals surface area contributed by atoms with E-state index in [9.17, 15) is 9.59 Å². The highest BCUT2D eigenvalue weighted by Crippen LogP contribution is 2.17. The number of carboxylic acids is 1. The van der Waals surface area contributed by atoms with Crippen LogP contribution in [0.4, 0.5) is 0 Å². The van der Waals surface area contributed by atoms with E-state index in [-0.39, 0.29) is 11.3 Å². The summed E-state index contributed by atoms with van der Waals surface area (Å²) in [6.07, 6.45) is 0.883. The maximum Gasteiger partial charge on any atom is 0.341 e. The average molecular weight is 279 g/mol. The van der Waals surface area contributed by atoms with Gasteiger partial charge in [-0.2, -0.15) is 0 Å². The minimum atomic E-state index is -1.05. The Morgan fingerprint density at radius 3 is 2.60 bits per heavy atom. The van der Waals surface area contributed by atoms with Crippen molar-refractivity contribution in [3.63, 3.8) is 0 Å². The van der Waals surface area contributed by atoms with Crippen molar-refractivity contribution in [1.82, 2.24) is 5.32 Å². The van der Waals surface area contributed by atoms with Crippen molar-refractivity contribution in [2.24, 2.45) is 5.41 Å². The number of carboxylic acid groups (broad SMARTS) is 1. The third kappa shape index (κ3) is 6.22. The highest BCUT2D eigenvalue weighted by Gasteiger charge is 2.12. The Balaban J connectivity index is 2.55. The second-order valence-corrected chi connectivity index (χ2v) is 5.78. The standard InChI is InChI=1S/C15H21NO4/c1-15(2,3)7-8-16-14(19)11-5-4-6-12(9-11)20-10-13(17)18/h4-6,9H,7-8,10H2,1-3H3,(H,16,19)(H,17,18). The van der Waals surface area contributed by atoms with Crippen LogP contribution in [0.2, 0.25) is 0 Å². The quantitative estimate of drug-likeness (QED) is 0.838. The summed E-state index contributed by atoms with van der Waals surface area (Å²) in [6, 6.07) is 6.49. The van der Waals surface area contributed by atoms with Crippen molar-refractivity contribution >= 4 is 11.9 Å². The molecule has 0 spiro atoms.